The largest absolute Gasteiger partial charge is 1.00 e. The summed E-state index contributed by atoms with van der Waals surface area (Å²) < 4.78 is 14.1. The van der Waals surface area contributed by atoms with Gasteiger partial charge in [0.2, 0.25) is 17.8 Å². The number of benzene rings is 2. The van der Waals surface area contributed by atoms with Crippen LogP contribution in [0.3, 0.4) is 0 Å². The maximum Gasteiger partial charge on any atom is 1.00 e. The Morgan fingerprint density at radius 2 is 1.05 bits per heavy atom. The third kappa shape index (κ3) is 20.6. The summed E-state index contributed by atoms with van der Waals surface area (Å²) in [7, 11) is 4.32. The van der Waals surface area contributed by atoms with Gasteiger partial charge in [-0.1, -0.05) is 89.1 Å². The predicted octanol–water partition coefficient (Wildman–Crippen LogP) is 6.42. The molecule has 3 radical (unpaired) electrons. The van der Waals surface area contributed by atoms with Gasteiger partial charge in [-0.05, 0) is 131 Å². The number of aldehydes is 1. The summed E-state index contributed by atoms with van der Waals surface area (Å²) in [6.45, 7) is 26.5. The Labute approximate surface area is 489 Å². The Morgan fingerprint density at radius 3 is 1.45 bits per heavy atom. The fourth-order valence-corrected chi connectivity index (χ4v) is 11.8. The molecule has 3 heterocycles. The van der Waals surface area contributed by atoms with Crippen molar-refractivity contribution < 1.29 is 87.0 Å². The molecule has 4 fully saturated rings. The maximum absolute atomic E-state index is 12.0. The summed E-state index contributed by atoms with van der Waals surface area (Å²) in [4.78, 5) is 89.3. The van der Waals surface area contributed by atoms with Gasteiger partial charge in [0.25, 0.3) is 0 Å². The van der Waals surface area contributed by atoms with Gasteiger partial charge in [-0.25, -0.2) is 24.2 Å². The molecule has 427 valence electrons. The molecule has 2 aromatic carbocycles. The van der Waals surface area contributed by atoms with Crippen molar-refractivity contribution in [3.05, 3.63) is 83.2 Å². The zero-order valence-corrected chi connectivity index (χ0v) is 49.9. The standard InChI is InChI=1S/C25H37N3O3.C16H21NO.C11H19NO2.C4H6O4.C2H3BO2.CH4.Na/c1-4-31-23(30)28-15-9-24(3,10-16-28)18-27-13-11-25(12-14-27)17-22(26-19(2)29)20-7-5-6-8-21(20)25;1-12(18)17-15-11-16(9-5-2-6-10-16)14-8-4-3-7-13(14)15;1-4-14-10(2)12-7-5-11(3,9-13)6-8-12;1-3(5)7-8-4(2)6;1-2(4)5-3;;/h5-8,22H,4,9-18H2,1-3H3,(H,26,29);3-4,7-8,15H,2,5-6,9-11H2,1H3,(H,17,18);9H,2,4-8H2,1,3H3;1-2H3;1H3;1H4;/q;;;;-1;;+1/t22-;15-;;;;;/m00...../s1. The van der Waals surface area contributed by atoms with E-state index in [0.29, 0.717) is 18.6 Å². The van der Waals surface area contributed by atoms with E-state index in [9.17, 15) is 33.6 Å². The summed E-state index contributed by atoms with van der Waals surface area (Å²) in [6.07, 6.45) is 15.8. The molecule has 1 saturated carbocycles. The summed E-state index contributed by atoms with van der Waals surface area (Å²) >= 11 is 0. The van der Waals surface area contributed by atoms with Crippen LogP contribution in [0.4, 0.5) is 4.79 Å². The number of rotatable bonds is 9. The van der Waals surface area contributed by atoms with Crippen LogP contribution in [-0.4, -0.2) is 124 Å². The van der Waals surface area contributed by atoms with Gasteiger partial charge in [0.15, 0.2) is 5.88 Å². The maximum atomic E-state index is 12.0. The molecule has 19 heteroatoms. The smallest absolute Gasteiger partial charge is 0.793 e. The van der Waals surface area contributed by atoms with E-state index < -0.39 is 17.9 Å². The van der Waals surface area contributed by atoms with Crippen molar-refractivity contribution in [2.24, 2.45) is 10.8 Å². The van der Waals surface area contributed by atoms with Gasteiger partial charge in [-0.3, -0.25) is 14.4 Å². The second-order valence-corrected chi connectivity index (χ2v) is 21.8. The van der Waals surface area contributed by atoms with Crippen molar-refractivity contribution in [3.63, 3.8) is 0 Å². The zero-order valence-electron chi connectivity index (χ0n) is 47.9. The number of fused-ring (bicyclic) bond motifs is 4. The molecule has 6 aliphatic rings. The molecule has 0 aromatic heterocycles. The average Bonchev–Trinajstić information content (AvgIpc) is 3.95. The average molecular weight is 1100 g/mol. The number of ether oxygens (including phenoxy) is 2. The molecule has 0 unspecified atom stereocenters. The Morgan fingerprint density at radius 1 is 0.628 bits per heavy atom. The van der Waals surface area contributed by atoms with E-state index in [2.05, 4.69) is 105 Å². The van der Waals surface area contributed by atoms with Crippen molar-refractivity contribution in [2.75, 3.05) is 59.0 Å². The number of nitrogens with zero attached hydrogens (tertiary/aromatic N) is 3. The number of amides is 3. The van der Waals surface area contributed by atoms with Crippen LogP contribution in [0.15, 0.2) is 61.0 Å². The van der Waals surface area contributed by atoms with Gasteiger partial charge in [0.05, 0.1) is 25.3 Å². The first-order chi connectivity index (χ1) is 36.1. The molecule has 2 atom stereocenters. The summed E-state index contributed by atoms with van der Waals surface area (Å²) in [5, 5.41) is 6.31. The van der Waals surface area contributed by atoms with Crippen LogP contribution in [0.5, 0.6) is 0 Å². The number of likely N-dealkylation sites (tertiary alicyclic amines) is 3. The number of nitrogens with one attached hydrogen (secondary N) is 2. The van der Waals surface area contributed by atoms with E-state index in [-0.39, 0.29) is 83.2 Å². The van der Waals surface area contributed by atoms with Gasteiger partial charge in [-0.15, -0.1) is 0 Å². The Hall–Kier alpha value is -4.91. The minimum Gasteiger partial charge on any atom is -0.793 e. The van der Waals surface area contributed by atoms with E-state index >= 15 is 0 Å². The Kier molecular flexibility index (Phi) is 29.3. The van der Waals surface area contributed by atoms with Crippen molar-refractivity contribution in [1.82, 2.24) is 25.3 Å². The van der Waals surface area contributed by atoms with Gasteiger partial charge in [0, 0.05) is 78.2 Å². The first-order valence-electron chi connectivity index (χ1n) is 27.2. The molecular weight excluding hydrogens is 1000 g/mol. The third-order valence-electron chi connectivity index (χ3n) is 15.8. The molecule has 3 aliphatic heterocycles. The molecule has 2 spiro atoms. The second-order valence-electron chi connectivity index (χ2n) is 21.8. The molecule has 3 aliphatic carbocycles. The van der Waals surface area contributed by atoms with Crippen LogP contribution < -0.4 is 40.2 Å². The van der Waals surface area contributed by atoms with Crippen LogP contribution >= 0.6 is 0 Å². The molecule has 2 aromatic rings. The van der Waals surface area contributed by atoms with Gasteiger partial charge in [0.1, 0.15) is 6.29 Å². The Balaban J connectivity index is 0.000000377. The van der Waals surface area contributed by atoms with E-state index in [1.807, 2.05) is 25.7 Å². The number of carbonyl (C=O) groups is 7. The molecule has 2 N–H and O–H groups in total. The van der Waals surface area contributed by atoms with Gasteiger partial charge >= 0.3 is 47.6 Å². The van der Waals surface area contributed by atoms with Gasteiger partial charge in [-0.2, -0.15) is 0 Å². The Bertz CT molecular complexity index is 2260. The summed E-state index contributed by atoms with van der Waals surface area (Å²) in [5.74, 6) is -0.870. The number of piperidine rings is 3. The van der Waals surface area contributed by atoms with Crippen LogP contribution in [0.2, 0.25) is 0 Å². The quantitative estimate of drug-likeness (QED) is 0.0916. The van der Waals surface area contributed by atoms with Crippen LogP contribution in [0.25, 0.3) is 0 Å². The number of hydrogen-bond donors (Lipinski definition) is 2. The van der Waals surface area contributed by atoms with Crippen molar-refractivity contribution in [1.29, 1.82) is 0 Å². The van der Waals surface area contributed by atoms with Crippen LogP contribution in [-0.2, 0) is 63.5 Å². The van der Waals surface area contributed by atoms with Crippen LogP contribution in [0.1, 0.15) is 188 Å². The second kappa shape index (κ2) is 33.0. The zero-order chi connectivity index (χ0) is 56.1. The minimum atomic E-state index is -0.639. The van der Waals surface area contributed by atoms with E-state index in [0.717, 1.165) is 123 Å². The molecule has 8 rings (SSSR count). The first kappa shape index (κ1) is 69.2. The fourth-order valence-electron chi connectivity index (χ4n) is 11.8. The van der Waals surface area contributed by atoms with Crippen molar-refractivity contribution in [3.8, 4) is 0 Å². The predicted molar refractivity (Wildman–Crippen MR) is 297 cm³/mol. The molecule has 17 nitrogen and oxygen atoms in total. The molecule has 0 bridgehead atoms. The molecule has 3 amide bonds. The number of hydrogen-bond acceptors (Lipinski definition) is 14. The normalized spacial score (nSPS) is 20.4. The fraction of sp³-hybridized carbons (Fsp3) is 0.644. The summed E-state index contributed by atoms with van der Waals surface area (Å²) in [5.41, 5.74) is 6.27. The SMILES string of the molecule is C.C=C(OCC)N1CCC(C)(C=O)CC1.CC(=O)N[C@H]1CC2(CCCCC2)c2ccccc21.CC(=O)OOC(C)=O.CCOC(=O)N1CCC(C)(CN2CCC3(CC2)C[C@H](NC(C)=O)c2ccccc23)CC1.[B-]OC(C)=O.[Na+]. The summed E-state index contributed by atoms with van der Waals surface area (Å²) in [6, 6.07) is 17.8. The molecule has 78 heavy (non-hydrogen) atoms. The molecule has 3 saturated heterocycles. The van der Waals surface area contributed by atoms with Crippen LogP contribution in [0, 0.1) is 10.8 Å². The third-order valence-corrected chi connectivity index (χ3v) is 15.8. The van der Waals surface area contributed by atoms with E-state index in [1.54, 1.807) is 13.8 Å². The minimum absolute atomic E-state index is 0. The van der Waals surface area contributed by atoms with Gasteiger partial charge < -0.3 is 52.3 Å². The molecular formula is C59H90BN5NaO12. The number of carbonyl (C=O) groups excluding carboxylic acids is 7. The van der Waals surface area contributed by atoms with Crippen molar-refractivity contribution >= 4 is 50.2 Å². The van der Waals surface area contributed by atoms with E-state index in [4.69, 9.17) is 9.47 Å². The monoisotopic (exact) mass is 1090 g/mol. The topological polar surface area (TPSA) is 199 Å². The van der Waals surface area contributed by atoms with E-state index in [1.165, 1.54) is 61.3 Å². The first-order valence-corrected chi connectivity index (χ1v) is 27.2. The van der Waals surface area contributed by atoms with Crippen molar-refractivity contribution in [2.45, 2.75) is 176 Å².